The quantitative estimate of drug-likeness (QED) is 0.817. The van der Waals surface area contributed by atoms with Gasteiger partial charge in [0.1, 0.15) is 0 Å². The van der Waals surface area contributed by atoms with Crippen molar-refractivity contribution in [2.24, 2.45) is 0 Å². The number of hydrogen-bond acceptors (Lipinski definition) is 3. The largest absolute Gasteiger partial charge is 0.416 e. The number of amides is 1. The SMILES string of the molecule is O=C(Cc1cccc(C(F)(F)F)c1)N1CCCO[C@@H](CN2CCCC2)C1. The lowest BCUT2D eigenvalue weighted by Gasteiger charge is -2.27. The summed E-state index contributed by atoms with van der Waals surface area (Å²) in [6, 6.07) is 5.02. The van der Waals surface area contributed by atoms with Crippen LogP contribution in [0.25, 0.3) is 0 Å². The van der Waals surface area contributed by atoms with E-state index in [-0.39, 0.29) is 18.4 Å². The molecular weight excluding hydrogens is 345 g/mol. The molecule has 0 bridgehead atoms. The molecule has 2 aliphatic heterocycles. The van der Waals surface area contributed by atoms with Crippen molar-refractivity contribution in [1.29, 1.82) is 0 Å². The van der Waals surface area contributed by atoms with Crippen molar-refractivity contribution in [3.63, 3.8) is 0 Å². The Morgan fingerprint density at radius 2 is 1.92 bits per heavy atom. The first kappa shape index (κ1) is 19.2. The first-order valence-corrected chi connectivity index (χ1v) is 9.20. The number of likely N-dealkylation sites (tertiary alicyclic amines) is 1. The second-order valence-corrected chi connectivity index (χ2v) is 7.07. The van der Waals surface area contributed by atoms with Crippen LogP contribution in [0, 0.1) is 0 Å². The average Bonchev–Trinajstić information content (AvgIpc) is 2.98. The lowest BCUT2D eigenvalue weighted by molar-refractivity contribution is -0.138. The van der Waals surface area contributed by atoms with Crippen molar-refractivity contribution in [3.8, 4) is 0 Å². The second-order valence-electron chi connectivity index (χ2n) is 7.07. The molecule has 3 rings (SSSR count). The molecule has 4 nitrogen and oxygen atoms in total. The van der Waals surface area contributed by atoms with Crippen molar-refractivity contribution in [2.75, 3.05) is 39.3 Å². The summed E-state index contributed by atoms with van der Waals surface area (Å²) in [6.07, 6.45) is -1.28. The summed E-state index contributed by atoms with van der Waals surface area (Å²) in [5.74, 6) is -0.138. The highest BCUT2D eigenvalue weighted by atomic mass is 19.4. The normalized spacial score (nSPS) is 22.4. The van der Waals surface area contributed by atoms with Gasteiger partial charge in [0, 0.05) is 26.2 Å². The molecule has 0 saturated carbocycles. The second kappa shape index (κ2) is 8.39. The van der Waals surface area contributed by atoms with Crippen LogP contribution in [0.3, 0.4) is 0 Å². The number of hydrogen-bond donors (Lipinski definition) is 0. The predicted molar refractivity (Wildman–Crippen MR) is 91.8 cm³/mol. The van der Waals surface area contributed by atoms with Crippen LogP contribution >= 0.6 is 0 Å². The molecule has 1 aromatic rings. The maximum absolute atomic E-state index is 12.8. The lowest BCUT2D eigenvalue weighted by Crippen LogP contribution is -2.42. The fraction of sp³-hybridized carbons (Fsp3) is 0.632. The Kier molecular flexibility index (Phi) is 6.19. The van der Waals surface area contributed by atoms with Gasteiger partial charge in [-0.2, -0.15) is 13.2 Å². The summed E-state index contributed by atoms with van der Waals surface area (Å²) in [7, 11) is 0. The van der Waals surface area contributed by atoms with Gasteiger partial charge in [-0.15, -0.1) is 0 Å². The van der Waals surface area contributed by atoms with E-state index in [4.69, 9.17) is 4.74 Å². The molecule has 7 heteroatoms. The molecule has 0 radical (unpaired) electrons. The average molecular weight is 370 g/mol. The van der Waals surface area contributed by atoms with Crippen LogP contribution in [0.5, 0.6) is 0 Å². The van der Waals surface area contributed by atoms with Crippen LogP contribution in [0.4, 0.5) is 13.2 Å². The van der Waals surface area contributed by atoms with Gasteiger partial charge < -0.3 is 14.5 Å². The minimum atomic E-state index is -4.39. The third-order valence-corrected chi connectivity index (χ3v) is 4.97. The van der Waals surface area contributed by atoms with E-state index in [0.717, 1.165) is 38.2 Å². The zero-order valence-corrected chi connectivity index (χ0v) is 14.8. The zero-order valence-electron chi connectivity index (χ0n) is 14.8. The number of carbonyl (C=O) groups is 1. The molecule has 2 saturated heterocycles. The highest BCUT2D eigenvalue weighted by Gasteiger charge is 2.31. The molecule has 2 aliphatic rings. The predicted octanol–water partition coefficient (Wildman–Crippen LogP) is 2.96. The van der Waals surface area contributed by atoms with E-state index in [0.29, 0.717) is 25.3 Å². The number of ether oxygens (including phenoxy) is 1. The molecule has 1 aromatic carbocycles. The summed E-state index contributed by atoms with van der Waals surface area (Å²) in [5, 5.41) is 0. The van der Waals surface area contributed by atoms with Crippen molar-refractivity contribution in [1.82, 2.24) is 9.80 Å². The third-order valence-electron chi connectivity index (χ3n) is 4.97. The molecule has 26 heavy (non-hydrogen) atoms. The monoisotopic (exact) mass is 370 g/mol. The van der Waals surface area contributed by atoms with Gasteiger partial charge in [-0.3, -0.25) is 4.79 Å². The van der Waals surface area contributed by atoms with Crippen molar-refractivity contribution >= 4 is 5.91 Å². The number of rotatable bonds is 4. The van der Waals surface area contributed by atoms with E-state index in [1.54, 1.807) is 11.0 Å². The van der Waals surface area contributed by atoms with E-state index in [9.17, 15) is 18.0 Å². The Bertz CT molecular complexity index is 615. The number of benzene rings is 1. The minimum absolute atomic E-state index is 0.0135. The van der Waals surface area contributed by atoms with Gasteiger partial charge in [-0.05, 0) is 44.0 Å². The molecule has 0 aromatic heterocycles. The van der Waals surface area contributed by atoms with Gasteiger partial charge in [0.25, 0.3) is 0 Å². The molecule has 1 amide bonds. The van der Waals surface area contributed by atoms with Crippen molar-refractivity contribution in [2.45, 2.75) is 38.0 Å². The fourth-order valence-corrected chi connectivity index (χ4v) is 3.63. The summed E-state index contributed by atoms with van der Waals surface area (Å²) < 4.78 is 44.4. The Balaban J connectivity index is 1.60. The lowest BCUT2D eigenvalue weighted by atomic mass is 10.1. The molecular formula is C19H25F3N2O2. The number of carbonyl (C=O) groups excluding carboxylic acids is 1. The molecule has 0 unspecified atom stereocenters. The molecule has 1 atom stereocenters. The van der Waals surface area contributed by atoms with E-state index >= 15 is 0 Å². The van der Waals surface area contributed by atoms with Gasteiger partial charge in [-0.1, -0.05) is 18.2 Å². The highest BCUT2D eigenvalue weighted by Crippen LogP contribution is 2.29. The first-order valence-electron chi connectivity index (χ1n) is 9.20. The summed E-state index contributed by atoms with van der Waals surface area (Å²) in [5.41, 5.74) is -0.319. The van der Waals surface area contributed by atoms with Gasteiger partial charge in [0.2, 0.25) is 5.91 Å². The molecule has 144 valence electrons. The molecule has 0 spiro atoms. The Morgan fingerprint density at radius 3 is 2.65 bits per heavy atom. The number of halogens is 3. The zero-order chi connectivity index (χ0) is 18.6. The van der Waals surface area contributed by atoms with Crippen LogP contribution in [0.2, 0.25) is 0 Å². The topological polar surface area (TPSA) is 32.8 Å². The van der Waals surface area contributed by atoms with Crippen LogP contribution in [-0.4, -0.2) is 61.1 Å². The van der Waals surface area contributed by atoms with Crippen LogP contribution in [-0.2, 0) is 22.1 Å². The Labute approximate surface area is 151 Å². The van der Waals surface area contributed by atoms with E-state index in [1.165, 1.54) is 18.9 Å². The smallest absolute Gasteiger partial charge is 0.375 e. The maximum Gasteiger partial charge on any atom is 0.416 e. The van der Waals surface area contributed by atoms with Gasteiger partial charge in [0.15, 0.2) is 0 Å². The highest BCUT2D eigenvalue weighted by molar-refractivity contribution is 5.78. The first-order chi connectivity index (χ1) is 12.4. The number of alkyl halides is 3. The maximum atomic E-state index is 12.8. The van der Waals surface area contributed by atoms with Crippen molar-refractivity contribution in [3.05, 3.63) is 35.4 Å². The Hall–Kier alpha value is -1.60. The molecule has 2 heterocycles. The molecule has 0 N–H and O–H groups in total. The summed E-state index contributed by atoms with van der Waals surface area (Å²) in [4.78, 5) is 16.7. The van der Waals surface area contributed by atoms with E-state index in [2.05, 4.69) is 4.90 Å². The van der Waals surface area contributed by atoms with E-state index in [1.807, 2.05) is 0 Å². The van der Waals surface area contributed by atoms with Gasteiger partial charge in [0.05, 0.1) is 18.1 Å². The fourth-order valence-electron chi connectivity index (χ4n) is 3.63. The van der Waals surface area contributed by atoms with Crippen LogP contribution < -0.4 is 0 Å². The van der Waals surface area contributed by atoms with Gasteiger partial charge in [-0.25, -0.2) is 0 Å². The standard InChI is InChI=1S/C19H25F3N2O2/c20-19(21,22)16-6-3-5-15(11-16)12-18(25)24-9-4-10-26-17(14-24)13-23-7-1-2-8-23/h3,5-6,11,17H,1-2,4,7-10,12-14H2/t17-/m0/s1. The van der Waals surface area contributed by atoms with Gasteiger partial charge >= 0.3 is 6.18 Å². The Morgan fingerprint density at radius 1 is 1.15 bits per heavy atom. The minimum Gasteiger partial charge on any atom is -0.375 e. The third kappa shape index (κ3) is 5.20. The summed E-state index contributed by atoms with van der Waals surface area (Å²) >= 11 is 0. The van der Waals surface area contributed by atoms with E-state index < -0.39 is 11.7 Å². The molecule has 2 fully saturated rings. The van der Waals surface area contributed by atoms with Crippen LogP contribution in [0.1, 0.15) is 30.4 Å². The van der Waals surface area contributed by atoms with Crippen molar-refractivity contribution < 1.29 is 22.7 Å². The summed E-state index contributed by atoms with van der Waals surface area (Å²) in [6.45, 7) is 4.66. The number of nitrogens with zero attached hydrogens (tertiary/aromatic N) is 2. The molecule has 0 aliphatic carbocycles. The van der Waals surface area contributed by atoms with Crippen LogP contribution in [0.15, 0.2) is 24.3 Å².